The van der Waals surface area contributed by atoms with Crippen LogP contribution in [-0.4, -0.2) is 55.3 Å². The van der Waals surface area contributed by atoms with E-state index in [0.717, 1.165) is 48.0 Å². The third-order valence-corrected chi connectivity index (χ3v) is 5.91. The van der Waals surface area contributed by atoms with Crippen molar-refractivity contribution in [1.82, 2.24) is 9.80 Å². The zero-order chi connectivity index (χ0) is 21.2. The highest BCUT2D eigenvalue weighted by Gasteiger charge is 2.21. The van der Waals surface area contributed by atoms with Gasteiger partial charge in [0, 0.05) is 49.4 Å². The number of rotatable bonds is 4. The van der Waals surface area contributed by atoms with Gasteiger partial charge >= 0.3 is 0 Å². The van der Waals surface area contributed by atoms with Crippen molar-refractivity contribution < 1.29 is 19.0 Å². The van der Waals surface area contributed by atoms with Gasteiger partial charge in [0.15, 0.2) is 11.5 Å². The molecule has 1 saturated heterocycles. The zero-order valence-electron chi connectivity index (χ0n) is 17.1. The molecule has 0 N–H and O–H groups in total. The number of benzene rings is 2. The number of nitrogens with zero attached hydrogens (tertiary/aromatic N) is 2. The van der Waals surface area contributed by atoms with Gasteiger partial charge in [-0.25, -0.2) is 0 Å². The standard InChI is InChI=1S/C24H23ClN2O4/c25-20-3-5-21-19(13-20)11-18(15-29-21)2-6-24(28)27-9-7-26(8-10-27)14-17-1-4-22-23(12-17)31-16-30-22/h1-6,11-13H,7-10,14-16H2/b6-2+. The molecular weight excluding hydrogens is 416 g/mol. The lowest BCUT2D eigenvalue weighted by atomic mass is 10.1. The van der Waals surface area contributed by atoms with Crippen molar-refractivity contribution >= 4 is 23.6 Å². The SMILES string of the molecule is O=C(/C=C/C1=Cc2cc(Cl)ccc2OC1)N1CCN(Cc2ccc3c(c2)OCO3)CC1. The fourth-order valence-corrected chi connectivity index (χ4v) is 4.15. The highest BCUT2D eigenvalue weighted by atomic mass is 35.5. The number of hydrogen-bond donors (Lipinski definition) is 0. The summed E-state index contributed by atoms with van der Waals surface area (Å²) in [6.45, 7) is 4.67. The first-order chi connectivity index (χ1) is 15.1. The van der Waals surface area contributed by atoms with Crippen molar-refractivity contribution in [2.45, 2.75) is 6.54 Å². The number of amides is 1. The minimum Gasteiger partial charge on any atom is -0.488 e. The predicted molar refractivity (Wildman–Crippen MR) is 118 cm³/mol. The molecule has 3 heterocycles. The summed E-state index contributed by atoms with van der Waals surface area (Å²) in [5, 5.41) is 0.665. The summed E-state index contributed by atoms with van der Waals surface area (Å²) in [6.07, 6.45) is 5.49. The first kappa shape index (κ1) is 20.0. The van der Waals surface area contributed by atoms with Crippen LogP contribution < -0.4 is 14.2 Å². The van der Waals surface area contributed by atoms with E-state index in [1.54, 1.807) is 6.08 Å². The Balaban J connectivity index is 1.14. The van der Waals surface area contributed by atoms with Crippen molar-refractivity contribution in [1.29, 1.82) is 0 Å². The Morgan fingerprint density at radius 3 is 2.65 bits per heavy atom. The monoisotopic (exact) mass is 438 g/mol. The van der Waals surface area contributed by atoms with Gasteiger partial charge in [-0.3, -0.25) is 9.69 Å². The summed E-state index contributed by atoms with van der Waals surface area (Å²) in [5.74, 6) is 2.45. The average Bonchev–Trinajstić information content (AvgIpc) is 3.25. The second kappa shape index (κ2) is 8.65. The number of piperazine rings is 1. The van der Waals surface area contributed by atoms with E-state index in [9.17, 15) is 4.79 Å². The van der Waals surface area contributed by atoms with E-state index in [1.807, 2.05) is 47.4 Å². The van der Waals surface area contributed by atoms with E-state index in [4.69, 9.17) is 25.8 Å². The van der Waals surface area contributed by atoms with Crippen molar-refractivity contribution in [2.75, 3.05) is 39.6 Å². The van der Waals surface area contributed by atoms with E-state index in [1.165, 1.54) is 5.56 Å². The third kappa shape index (κ3) is 4.55. The van der Waals surface area contributed by atoms with E-state index < -0.39 is 0 Å². The zero-order valence-corrected chi connectivity index (χ0v) is 17.8. The van der Waals surface area contributed by atoms with Crippen LogP contribution in [0.2, 0.25) is 5.02 Å². The van der Waals surface area contributed by atoms with Crippen LogP contribution in [0.3, 0.4) is 0 Å². The van der Waals surface area contributed by atoms with Crippen LogP contribution in [0.25, 0.3) is 6.08 Å². The second-order valence-electron chi connectivity index (χ2n) is 7.81. The van der Waals surface area contributed by atoms with Gasteiger partial charge in [0.05, 0.1) is 0 Å². The lowest BCUT2D eigenvalue weighted by Crippen LogP contribution is -2.47. The van der Waals surface area contributed by atoms with Gasteiger partial charge in [-0.15, -0.1) is 0 Å². The van der Waals surface area contributed by atoms with Gasteiger partial charge in [0.25, 0.3) is 0 Å². The molecule has 5 rings (SSSR count). The third-order valence-electron chi connectivity index (χ3n) is 5.67. The smallest absolute Gasteiger partial charge is 0.246 e. The molecule has 2 aromatic rings. The van der Waals surface area contributed by atoms with Crippen LogP contribution in [0.1, 0.15) is 11.1 Å². The Morgan fingerprint density at radius 1 is 0.968 bits per heavy atom. The Kier molecular flexibility index (Phi) is 5.57. The van der Waals surface area contributed by atoms with Crippen LogP contribution in [0, 0.1) is 0 Å². The number of fused-ring (bicyclic) bond motifs is 2. The highest BCUT2D eigenvalue weighted by molar-refractivity contribution is 6.30. The lowest BCUT2D eigenvalue weighted by molar-refractivity contribution is -0.127. The van der Waals surface area contributed by atoms with Gasteiger partial charge in [-0.1, -0.05) is 23.7 Å². The quantitative estimate of drug-likeness (QED) is 0.680. The average molecular weight is 439 g/mol. The minimum absolute atomic E-state index is 0.0283. The lowest BCUT2D eigenvalue weighted by Gasteiger charge is -2.34. The molecule has 6 nitrogen and oxygen atoms in total. The van der Waals surface area contributed by atoms with Gasteiger partial charge in [-0.2, -0.15) is 0 Å². The highest BCUT2D eigenvalue weighted by Crippen LogP contribution is 2.33. The molecule has 0 saturated carbocycles. The summed E-state index contributed by atoms with van der Waals surface area (Å²) in [6, 6.07) is 11.6. The molecular formula is C24H23ClN2O4. The molecule has 3 aliphatic rings. The molecule has 0 unspecified atom stereocenters. The Morgan fingerprint density at radius 2 is 1.77 bits per heavy atom. The minimum atomic E-state index is 0.0283. The van der Waals surface area contributed by atoms with Crippen LogP contribution in [0.4, 0.5) is 0 Å². The summed E-state index contributed by atoms with van der Waals surface area (Å²) >= 11 is 6.06. The number of carbonyl (C=O) groups is 1. The van der Waals surface area contributed by atoms with E-state index in [2.05, 4.69) is 11.0 Å². The molecule has 0 aromatic heterocycles. The fourth-order valence-electron chi connectivity index (χ4n) is 3.97. The molecule has 2 aromatic carbocycles. The van der Waals surface area contributed by atoms with Crippen molar-refractivity contribution in [3.63, 3.8) is 0 Å². The largest absolute Gasteiger partial charge is 0.488 e. The van der Waals surface area contributed by atoms with Crippen LogP contribution >= 0.6 is 11.6 Å². The molecule has 0 aliphatic carbocycles. The molecule has 1 amide bonds. The number of carbonyl (C=O) groups excluding carboxylic acids is 1. The maximum atomic E-state index is 12.6. The van der Waals surface area contributed by atoms with Crippen molar-refractivity contribution in [3.8, 4) is 17.2 Å². The van der Waals surface area contributed by atoms with E-state index in [-0.39, 0.29) is 12.7 Å². The summed E-state index contributed by atoms with van der Waals surface area (Å²) in [5.41, 5.74) is 3.07. The van der Waals surface area contributed by atoms with Crippen LogP contribution in [0.5, 0.6) is 17.2 Å². The van der Waals surface area contributed by atoms with Crippen molar-refractivity contribution in [2.24, 2.45) is 0 Å². The summed E-state index contributed by atoms with van der Waals surface area (Å²) < 4.78 is 16.6. The molecule has 0 radical (unpaired) electrons. The maximum Gasteiger partial charge on any atom is 0.246 e. The molecule has 7 heteroatoms. The molecule has 0 spiro atoms. The fraction of sp³-hybridized carbons (Fsp3) is 0.292. The Hall–Kier alpha value is -2.96. The molecule has 160 valence electrons. The van der Waals surface area contributed by atoms with Crippen molar-refractivity contribution in [3.05, 3.63) is 70.3 Å². The molecule has 3 aliphatic heterocycles. The van der Waals surface area contributed by atoms with E-state index >= 15 is 0 Å². The number of hydrogen-bond acceptors (Lipinski definition) is 5. The predicted octanol–water partition coefficient (Wildman–Crippen LogP) is 3.75. The molecule has 0 atom stereocenters. The first-order valence-electron chi connectivity index (χ1n) is 10.3. The number of ether oxygens (including phenoxy) is 3. The second-order valence-corrected chi connectivity index (χ2v) is 8.25. The van der Waals surface area contributed by atoms with Gasteiger partial charge in [-0.05, 0) is 47.5 Å². The Labute approximate surface area is 186 Å². The summed E-state index contributed by atoms with van der Waals surface area (Å²) in [7, 11) is 0. The van der Waals surface area contributed by atoms with Gasteiger partial charge < -0.3 is 19.1 Å². The molecule has 1 fully saturated rings. The van der Waals surface area contributed by atoms with Gasteiger partial charge in [0.1, 0.15) is 12.4 Å². The topological polar surface area (TPSA) is 51.2 Å². The van der Waals surface area contributed by atoms with E-state index in [0.29, 0.717) is 24.7 Å². The summed E-state index contributed by atoms with van der Waals surface area (Å²) in [4.78, 5) is 16.9. The maximum absolute atomic E-state index is 12.6. The number of halogens is 1. The van der Waals surface area contributed by atoms with Gasteiger partial charge in [0.2, 0.25) is 12.7 Å². The molecule has 0 bridgehead atoms. The Bertz CT molecular complexity index is 1060. The normalized spacial score (nSPS) is 18.0. The first-order valence-corrected chi connectivity index (χ1v) is 10.7. The van der Waals surface area contributed by atoms with Crippen LogP contribution in [0.15, 0.2) is 54.1 Å². The van der Waals surface area contributed by atoms with Crippen LogP contribution in [-0.2, 0) is 11.3 Å². The molecule has 31 heavy (non-hydrogen) atoms.